The van der Waals surface area contributed by atoms with Crippen LogP contribution in [0.4, 0.5) is 0 Å². The minimum absolute atomic E-state index is 0.0250. The quantitative estimate of drug-likeness (QED) is 0.737. The Labute approximate surface area is 109 Å². The van der Waals surface area contributed by atoms with Gasteiger partial charge in [0.1, 0.15) is 5.25 Å². The molecule has 0 aromatic rings. The Morgan fingerprint density at radius 2 is 1.89 bits per heavy atom. The number of amides is 1. The lowest BCUT2D eigenvalue weighted by atomic mass is 10.2. The van der Waals surface area contributed by atoms with E-state index in [1.54, 1.807) is 6.92 Å². The number of sulfone groups is 1. The Morgan fingerprint density at radius 1 is 1.33 bits per heavy atom. The Bertz CT molecular complexity index is 375. The second-order valence-electron chi connectivity index (χ2n) is 5.30. The Balaban J connectivity index is 2.55. The number of nitrogens with two attached hydrogens (primary N) is 1. The molecule has 1 aliphatic carbocycles. The summed E-state index contributed by atoms with van der Waals surface area (Å²) < 4.78 is 24.0. The van der Waals surface area contributed by atoms with Crippen molar-refractivity contribution in [3.63, 3.8) is 0 Å². The summed E-state index contributed by atoms with van der Waals surface area (Å²) in [6.07, 6.45) is 4.13. The lowest BCUT2D eigenvalue weighted by Crippen LogP contribution is -2.43. The molecule has 0 aromatic heterocycles. The second-order valence-corrected chi connectivity index (χ2v) is 7.67. The normalized spacial score (nSPS) is 20.6. The van der Waals surface area contributed by atoms with Gasteiger partial charge in [0.05, 0.1) is 5.75 Å². The molecule has 0 radical (unpaired) electrons. The number of rotatable bonds is 6. The van der Waals surface area contributed by atoms with Gasteiger partial charge in [0.15, 0.2) is 9.84 Å². The molecule has 0 saturated heterocycles. The van der Waals surface area contributed by atoms with Crippen molar-refractivity contribution in [2.24, 2.45) is 11.7 Å². The van der Waals surface area contributed by atoms with E-state index in [2.05, 4.69) is 5.32 Å². The number of carbonyl (C=O) groups is 1. The van der Waals surface area contributed by atoms with Crippen LogP contribution in [0, 0.1) is 5.92 Å². The van der Waals surface area contributed by atoms with Gasteiger partial charge in [-0.05, 0) is 32.2 Å². The highest BCUT2D eigenvalue weighted by Gasteiger charge is 2.30. The first-order chi connectivity index (χ1) is 8.36. The van der Waals surface area contributed by atoms with Crippen molar-refractivity contribution in [2.45, 2.75) is 50.8 Å². The van der Waals surface area contributed by atoms with Crippen molar-refractivity contribution < 1.29 is 13.2 Å². The molecule has 5 nitrogen and oxygen atoms in total. The highest BCUT2D eigenvalue weighted by molar-refractivity contribution is 7.92. The maximum atomic E-state index is 12.0. The van der Waals surface area contributed by atoms with Gasteiger partial charge in [-0.3, -0.25) is 4.79 Å². The number of carbonyl (C=O) groups excluding carboxylic acids is 1. The first kappa shape index (κ1) is 15.4. The SMILES string of the molecule is CC(CN)CS(=O)(=O)C(C)C(=O)NC1CCCC1. The van der Waals surface area contributed by atoms with E-state index >= 15 is 0 Å². The Morgan fingerprint density at radius 3 is 2.39 bits per heavy atom. The fraction of sp³-hybridized carbons (Fsp3) is 0.917. The number of nitrogens with one attached hydrogen (secondary N) is 1. The van der Waals surface area contributed by atoms with E-state index in [0.29, 0.717) is 6.54 Å². The molecular weight excluding hydrogens is 252 g/mol. The second kappa shape index (κ2) is 6.52. The van der Waals surface area contributed by atoms with E-state index in [1.165, 1.54) is 6.92 Å². The van der Waals surface area contributed by atoms with Crippen LogP contribution in [0.2, 0.25) is 0 Å². The van der Waals surface area contributed by atoms with Gasteiger partial charge in [0, 0.05) is 6.04 Å². The van der Waals surface area contributed by atoms with Crippen molar-refractivity contribution >= 4 is 15.7 Å². The molecular formula is C12H24N2O3S. The molecule has 18 heavy (non-hydrogen) atoms. The number of hydrogen-bond donors (Lipinski definition) is 2. The van der Waals surface area contributed by atoms with Crippen LogP contribution >= 0.6 is 0 Å². The summed E-state index contributed by atoms with van der Waals surface area (Å²) in [7, 11) is -3.40. The topological polar surface area (TPSA) is 89.3 Å². The van der Waals surface area contributed by atoms with Crippen LogP contribution < -0.4 is 11.1 Å². The maximum Gasteiger partial charge on any atom is 0.238 e. The van der Waals surface area contributed by atoms with Crippen LogP contribution in [0.3, 0.4) is 0 Å². The van der Waals surface area contributed by atoms with E-state index in [-0.39, 0.29) is 23.6 Å². The van der Waals surface area contributed by atoms with Crippen molar-refractivity contribution in [1.29, 1.82) is 0 Å². The third kappa shape index (κ3) is 4.24. The predicted molar refractivity (Wildman–Crippen MR) is 71.9 cm³/mol. The predicted octanol–water partition coefficient (Wildman–Crippen LogP) is 0.443. The first-order valence-electron chi connectivity index (χ1n) is 6.59. The summed E-state index contributed by atoms with van der Waals surface area (Å²) in [6.45, 7) is 3.55. The summed E-state index contributed by atoms with van der Waals surface area (Å²) in [5.41, 5.74) is 5.42. The molecule has 2 unspecified atom stereocenters. The zero-order valence-electron chi connectivity index (χ0n) is 11.2. The fourth-order valence-electron chi connectivity index (χ4n) is 2.16. The molecule has 1 saturated carbocycles. The number of hydrogen-bond acceptors (Lipinski definition) is 4. The summed E-state index contributed by atoms with van der Waals surface area (Å²) in [4.78, 5) is 11.9. The van der Waals surface area contributed by atoms with E-state index in [1.807, 2.05) is 0 Å². The summed E-state index contributed by atoms with van der Waals surface area (Å²) in [6, 6.07) is 0.155. The van der Waals surface area contributed by atoms with E-state index in [0.717, 1.165) is 25.7 Å². The zero-order valence-corrected chi connectivity index (χ0v) is 12.0. The van der Waals surface area contributed by atoms with Gasteiger partial charge in [-0.1, -0.05) is 19.8 Å². The molecule has 0 bridgehead atoms. The van der Waals surface area contributed by atoms with Gasteiger partial charge in [0.25, 0.3) is 0 Å². The zero-order chi connectivity index (χ0) is 13.8. The smallest absolute Gasteiger partial charge is 0.238 e. The summed E-state index contributed by atoms with van der Waals surface area (Å²) in [5, 5.41) is 1.85. The highest BCUT2D eigenvalue weighted by atomic mass is 32.2. The molecule has 106 valence electrons. The molecule has 0 aromatic carbocycles. The van der Waals surface area contributed by atoms with Crippen molar-refractivity contribution in [1.82, 2.24) is 5.32 Å². The van der Waals surface area contributed by atoms with Gasteiger partial charge in [-0.25, -0.2) is 8.42 Å². The average Bonchev–Trinajstić information content (AvgIpc) is 2.79. The van der Waals surface area contributed by atoms with E-state index in [4.69, 9.17) is 5.73 Å². The maximum absolute atomic E-state index is 12.0. The molecule has 0 heterocycles. The molecule has 6 heteroatoms. The molecule has 0 spiro atoms. The lowest BCUT2D eigenvalue weighted by Gasteiger charge is -2.18. The van der Waals surface area contributed by atoms with Gasteiger partial charge in [0.2, 0.25) is 5.91 Å². The monoisotopic (exact) mass is 276 g/mol. The van der Waals surface area contributed by atoms with Crippen LogP contribution in [-0.2, 0) is 14.6 Å². The molecule has 1 aliphatic rings. The summed E-state index contributed by atoms with van der Waals surface area (Å²) >= 11 is 0. The molecule has 2 atom stereocenters. The van der Waals surface area contributed by atoms with Gasteiger partial charge in [-0.2, -0.15) is 0 Å². The molecule has 1 fully saturated rings. The minimum Gasteiger partial charge on any atom is -0.352 e. The van der Waals surface area contributed by atoms with Crippen molar-refractivity contribution in [3.8, 4) is 0 Å². The van der Waals surface area contributed by atoms with Crippen LogP contribution in [0.1, 0.15) is 39.5 Å². The van der Waals surface area contributed by atoms with Gasteiger partial charge < -0.3 is 11.1 Å². The van der Waals surface area contributed by atoms with Crippen molar-refractivity contribution in [3.05, 3.63) is 0 Å². The fourth-order valence-corrected chi connectivity index (χ4v) is 3.77. The third-order valence-electron chi connectivity index (χ3n) is 3.53. The van der Waals surface area contributed by atoms with E-state index in [9.17, 15) is 13.2 Å². The minimum atomic E-state index is -3.40. The average molecular weight is 276 g/mol. The molecule has 1 rings (SSSR count). The largest absolute Gasteiger partial charge is 0.352 e. The van der Waals surface area contributed by atoms with Gasteiger partial charge in [-0.15, -0.1) is 0 Å². The first-order valence-corrected chi connectivity index (χ1v) is 8.30. The third-order valence-corrected chi connectivity index (χ3v) is 5.85. The summed E-state index contributed by atoms with van der Waals surface area (Å²) in [5.74, 6) is -0.509. The molecule has 1 amide bonds. The van der Waals surface area contributed by atoms with Crippen LogP contribution in [-0.4, -0.2) is 37.9 Å². The highest BCUT2D eigenvalue weighted by Crippen LogP contribution is 2.18. The molecule has 3 N–H and O–H groups in total. The van der Waals surface area contributed by atoms with Crippen LogP contribution in [0.15, 0.2) is 0 Å². The van der Waals surface area contributed by atoms with Gasteiger partial charge >= 0.3 is 0 Å². The van der Waals surface area contributed by atoms with Crippen molar-refractivity contribution in [2.75, 3.05) is 12.3 Å². The lowest BCUT2D eigenvalue weighted by molar-refractivity contribution is -0.121. The Hall–Kier alpha value is -0.620. The Kier molecular flexibility index (Phi) is 5.59. The van der Waals surface area contributed by atoms with Crippen LogP contribution in [0.25, 0.3) is 0 Å². The molecule has 0 aliphatic heterocycles. The van der Waals surface area contributed by atoms with Crippen LogP contribution in [0.5, 0.6) is 0 Å². The standard InChI is InChI=1S/C12H24N2O3S/c1-9(7-13)8-18(16,17)10(2)12(15)14-11-5-3-4-6-11/h9-11H,3-8,13H2,1-2H3,(H,14,15). The van der Waals surface area contributed by atoms with E-state index < -0.39 is 15.1 Å².